The Kier molecular flexibility index (Phi) is 7.37. The van der Waals surface area contributed by atoms with E-state index in [1.165, 1.54) is 11.3 Å². The number of para-hydroxylation sites is 1. The number of hydrogen-bond donors (Lipinski definition) is 0. The summed E-state index contributed by atoms with van der Waals surface area (Å²) in [5.74, 6) is 0.508. The molecule has 0 fully saturated rings. The number of likely N-dealkylation sites (N-methyl/N-ethyl adjacent to an activating group) is 1. The standard InChI is InChI=1S/C26H26IN3O3S/c1-5-29(6-2)25(32)22-16(3)28-26-30(23(22)19-9-7-8-10-20(19)33-4)24(31)21(34-26)15-17-11-13-18(27)14-12-17/h7-15,23H,5-6H2,1-4H3/b21-15-. The van der Waals surface area contributed by atoms with Crippen molar-refractivity contribution < 1.29 is 9.53 Å². The van der Waals surface area contributed by atoms with Gasteiger partial charge >= 0.3 is 0 Å². The minimum absolute atomic E-state index is 0.117. The third kappa shape index (κ3) is 4.48. The van der Waals surface area contributed by atoms with Gasteiger partial charge in [0.1, 0.15) is 11.8 Å². The van der Waals surface area contributed by atoms with Crippen LogP contribution in [0.25, 0.3) is 6.08 Å². The molecular weight excluding hydrogens is 561 g/mol. The zero-order chi connectivity index (χ0) is 24.4. The fourth-order valence-electron chi connectivity index (χ4n) is 4.17. The Morgan fingerprint density at radius 2 is 1.85 bits per heavy atom. The number of halogens is 1. The van der Waals surface area contributed by atoms with Crippen LogP contribution < -0.4 is 19.6 Å². The first kappa shape index (κ1) is 24.4. The number of thiazole rings is 1. The van der Waals surface area contributed by atoms with E-state index in [4.69, 9.17) is 9.73 Å². The molecule has 1 amide bonds. The van der Waals surface area contributed by atoms with Crippen molar-refractivity contribution in [2.24, 2.45) is 4.99 Å². The number of nitrogens with zero attached hydrogens (tertiary/aromatic N) is 3. The van der Waals surface area contributed by atoms with Gasteiger partial charge in [-0.05, 0) is 73.2 Å². The van der Waals surface area contributed by atoms with Crippen LogP contribution >= 0.6 is 33.9 Å². The van der Waals surface area contributed by atoms with E-state index in [2.05, 4.69) is 22.6 Å². The highest BCUT2D eigenvalue weighted by atomic mass is 127. The van der Waals surface area contributed by atoms with Crippen molar-refractivity contribution in [3.63, 3.8) is 0 Å². The molecule has 2 heterocycles. The van der Waals surface area contributed by atoms with E-state index >= 15 is 0 Å². The van der Waals surface area contributed by atoms with Gasteiger partial charge in [0, 0.05) is 22.2 Å². The summed E-state index contributed by atoms with van der Waals surface area (Å²) >= 11 is 3.59. The number of rotatable bonds is 6. The lowest BCUT2D eigenvalue weighted by Crippen LogP contribution is -2.43. The molecule has 3 aromatic rings. The van der Waals surface area contributed by atoms with Gasteiger partial charge in [0.05, 0.1) is 22.9 Å². The van der Waals surface area contributed by atoms with E-state index < -0.39 is 6.04 Å². The Morgan fingerprint density at radius 1 is 1.18 bits per heavy atom. The van der Waals surface area contributed by atoms with E-state index in [9.17, 15) is 9.59 Å². The van der Waals surface area contributed by atoms with E-state index in [1.54, 1.807) is 16.6 Å². The van der Waals surface area contributed by atoms with Gasteiger partial charge in [-0.1, -0.05) is 41.7 Å². The maximum Gasteiger partial charge on any atom is 0.271 e. The van der Waals surface area contributed by atoms with Crippen molar-refractivity contribution in [1.29, 1.82) is 0 Å². The maximum absolute atomic E-state index is 13.7. The molecule has 1 aliphatic heterocycles. The minimum atomic E-state index is -0.626. The van der Waals surface area contributed by atoms with E-state index in [-0.39, 0.29) is 11.5 Å². The Balaban J connectivity index is 1.99. The minimum Gasteiger partial charge on any atom is -0.496 e. The first-order valence-electron chi connectivity index (χ1n) is 11.1. The van der Waals surface area contributed by atoms with Gasteiger partial charge in [0.25, 0.3) is 11.5 Å². The van der Waals surface area contributed by atoms with Crippen molar-refractivity contribution in [3.05, 3.63) is 94.2 Å². The second-order valence-electron chi connectivity index (χ2n) is 7.85. The normalized spacial score (nSPS) is 15.7. The van der Waals surface area contributed by atoms with Gasteiger partial charge in [-0.25, -0.2) is 4.99 Å². The van der Waals surface area contributed by atoms with Gasteiger partial charge in [-0.2, -0.15) is 0 Å². The summed E-state index contributed by atoms with van der Waals surface area (Å²) in [6.45, 7) is 6.89. The molecule has 0 N–H and O–H groups in total. The molecule has 0 aliphatic carbocycles. The maximum atomic E-state index is 13.7. The number of ether oxygens (including phenoxy) is 1. The summed E-state index contributed by atoms with van der Waals surface area (Å²) in [7, 11) is 1.60. The predicted molar refractivity (Wildman–Crippen MR) is 144 cm³/mol. The van der Waals surface area contributed by atoms with Crippen molar-refractivity contribution >= 4 is 45.9 Å². The molecule has 0 spiro atoms. The van der Waals surface area contributed by atoms with E-state index in [0.29, 0.717) is 39.4 Å². The van der Waals surface area contributed by atoms with Gasteiger partial charge in [-0.15, -0.1) is 0 Å². The summed E-state index contributed by atoms with van der Waals surface area (Å²) in [5.41, 5.74) is 2.65. The third-order valence-electron chi connectivity index (χ3n) is 5.90. The van der Waals surface area contributed by atoms with Crippen molar-refractivity contribution in [1.82, 2.24) is 9.47 Å². The van der Waals surface area contributed by atoms with Gasteiger partial charge in [0.15, 0.2) is 4.80 Å². The predicted octanol–water partition coefficient (Wildman–Crippen LogP) is 3.72. The molecule has 1 atom stereocenters. The smallest absolute Gasteiger partial charge is 0.271 e. The molecule has 6 nitrogen and oxygen atoms in total. The van der Waals surface area contributed by atoms with E-state index in [1.807, 2.05) is 75.4 Å². The van der Waals surface area contributed by atoms with Gasteiger partial charge < -0.3 is 9.64 Å². The zero-order valence-electron chi connectivity index (χ0n) is 19.5. The molecule has 1 unspecified atom stereocenters. The lowest BCUT2D eigenvalue weighted by Gasteiger charge is -2.29. The number of aromatic nitrogens is 1. The molecule has 176 valence electrons. The first-order chi connectivity index (χ1) is 16.4. The summed E-state index contributed by atoms with van der Waals surface area (Å²) in [5, 5.41) is 0. The summed E-state index contributed by atoms with van der Waals surface area (Å²) in [6, 6.07) is 14.9. The largest absolute Gasteiger partial charge is 0.496 e. The average molecular weight is 587 g/mol. The van der Waals surface area contributed by atoms with Crippen LogP contribution in [0.2, 0.25) is 0 Å². The Hall–Kier alpha value is -2.72. The van der Waals surface area contributed by atoms with Crippen LogP contribution in [0.3, 0.4) is 0 Å². The lowest BCUT2D eigenvalue weighted by atomic mass is 9.94. The number of amides is 1. The number of allylic oxidation sites excluding steroid dienone is 1. The molecule has 1 aromatic heterocycles. The number of benzene rings is 2. The molecule has 0 radical (unpaired) electrons. The van der Waals surface area contributed by atoms with Gasteiger partial charge in [-0.3, -0.25) is 14.2 Å². The second-order valence-corrected chi connectivity index (χ2v) is 10.1. The van der Waals surface area contributed by atoms with Crippen molar-refractivity contribution in [2.45, 2.75) is 26.8 Å². The van der Waals surface area contributed by atoms with Crippen LogP contribution in [-0.2, 0) is 4.79 Å². The third-order valence-corrected chi connectivity index (χ3v) is 7.61. The molecule has 4 rings (SSSR count). The Labute approximate surface area is 216 Å². The van der Waals surface area contributed by atoms with Crippen molar-refractivity contribution in [3.8, 4) is 5.75 Å². The summed E-state index contributed by atoms with van der Waals surface area (Å²) in [4.78, 5) is 34.5. The van der Waals surface area contributed by atoms with Gasteiger partial charge in [0.2, 0.25) is 0 Å². The summed E-state index contributed by atoms with van der Waals surface area (Å²) < 4.78 is 8.99. The molecule has 1 aliphatic rings. The van der Waals surface area contributed by atoms with Crippen LogP contribution in [-0.4, -0.2) is 35.6 Å². The van der Waals surface area contributed by atoms with Crippen LogP contribution in [0.4, 0.5) is 0 Å². The number of hydrogen-bond acceptors (Lipinski definition) is 5. The van der Waals surface area contributed by atoms with Crippen LogP contribution in [0.15, 0.2) is 69.6 Å². The van der Waals surface area contributed by atoms with Crippen molar-refractivity contribution in [2.75, 3.05) is 20.2 Å². The Morgan fingerprint density at radius 3 is 2.50 bits per heavy atom. The fourth-order valence-corrected chi connectivity index (χ4v) is 5.58. The average Bonchev–Trinajstić information content (AvgIpc) is 3.14. The molecule has 2 aromatic carbocycles. The van der Waals surface area contributed by atoms with Crippen LogP contribution in [0, 0.1) is 3.57 Å². The lowest BCUT2D eigenvalue weighted by molar-refractivity contribution is -0.127. The first-order valence-corrected chi connectivity index (χ1v) is 13.0. The molecule has 0 saturated heterocycles. The Bertz CT molecular complexity index is 1430. The molecule has 0 saturated carbocycles. The van der Waals surface area contributed by atoms with E-state index in [0.717, 1.165) is 14.7 Å². The molecule has 0 bridgehead atoms. The molecular formula is C26H26IN3O3S. The fraction of sp³-hybridized carbons (Fsp3) is 0.269. The molecule has 8 heteroatoms. The SMILES string of the molecule is CCN(CC)C(=O)C1=C(C)N=c2s/c(=C\c3ccc(I)cc3)c(=O)n2C1c1ccccc1OC. The highest BCUT2D eigenvalue weighted by molar-refractivity contribution is 14.1. The molecule has 34 heavy (non-hydrogen) atoms. The monoisotopic (exact) mass is 587 g/mol. The number of carbonyl (C=O) groups is 1. The number of methoxy groups -OCH3 is 1. The number of fused-ring (bicyclic) bond motifs is 1. The summed E-state index contributed by atoms with van der Waals surface area (Å²) in [6.07, 6.45) is 1.88. The topological polar surface area (TPSA) is 63.9 Å². The number of carbonyl (C=O) groups excluding carboxylic acids is 1. The highest BCUT2D eigenvalue weighted by Crippen LogP contribution is 2.35. The quantitative estimate of drug-likeness (QED) is 0.414. The zero-order valence-corrected chi connectivity index (χ0v) is 22.5. The highest BCUT2D eigenvalue weighted by Gasteiger charge is 2.35. The second kappa shape index (κ2) is 10.3. The van der Waals surface area contributed by atoms with Crippen LogP contribution in [0.1, 0.15) is 37.9 Å². The van der Waals surface area contributed by atoms with Crippen LogP contribution in [0.5, 0.6) is 5.75 Å².